The SMILES string of the molecule is COc1ccc2c(c1)[C@@]1(C)CCN(C)C(C2)[C@@H]1OCC(N)=O. The molecular formula is C17H24N2O3. The van der Waals surface area contributed by atoms with Crippen molar-refractivity contribution in [3.8, 4) is 5.75 Å². The molecule has 1 aliphatic heterocycles. The van der Waals surface area contributed by atoms with E-state index in [1.54, 1.807) is 7.11 Å². The summed E-state index contributed by atoms with van der Waals surface area (Å²) in [4.78, 5) is 13.5. The summed E-state index contributed by atoms with van der Waals surface area (Å²) in [6.45, 7) is 3.23. The lowest BCUT2D eigenvalue weighted by Crippen LogP contribution is -2.62. The van der Waals surface area contributed by atoms with Crippen LogP contribution in [0.1, 0.15) is 24.5 Å². The van der Waals surface area contributed by atoms with Crippen LogP contribution >= 0.6 is 0 Å². The van der Waals surface area contributed by atoms with Crippen molar-refractivity contribution in [1.29, 1.82) is 0 Å². The third kappa shape index (κ3) is 2.38. The van der Waals surface area contributed by atoms with Gasteiger partial charge in [0.15, 0.2) is 0 Å². The highest BCUT2D eigenvalue weighted by atomic mass is 16.5. The number of hydrogen-bond donors (Lipinski definition) is 1. The minimum absolute atomic E-state index is 0.0239. The van der Waals surface area contributed by atoms with Gasteiger partial charge in [-0.15, -0.1) is 0 Å². The highest BCUT2D eigenvalue weighted by Gasteiger charge is 2.50. The van der Waals surface area contributed by atoms with Crippen LogP contribution in [0.25, 0.3) is 0 Å². The molecule has 22 heavy (non-hydrogen) atoms. The van der Waals surface area contributed by atoms with Crippen molar-refractivity contribution in [3.63, 3.8) is 0 Å². The molecule has 0 aromatic heterocycles. The van der Waals surface area contributed by atoms with Crippen LogP contribution in [0, 0.1) is 0 Å². The van der Waals surface area contributed by atoms with Gasteiger partial charge in [0.2, 0.25) is 5.91 Å². The summed E-state index contributed by atoms with van der Waals surface area (Å²) in [6.07, 6.45) is 1.89. The molecule has 1 aromatic rings. The molecule has 0 saturated carbocycles. The highest BCUT2D eigenvalue weighted by molar-refractivity contribution is 5.75. The number of hydrogen-bond acceptors (Lipinski definition) is 4. The second kappa shape index (κ2) is 5.56. The molecular weight excluding hydrogens is 280 g/mol. The van der Waals surface area contributed by atoms with Crippen LogP contribution in [0.15, 0.2) is 18.2 Å². The van der Waals surface area contributed by atoms with Gasteiger partial charge >= 0.3 is 0 Å². The lowest BCUT2D eigenvalue weighted by Gasteiger charge is -2.54. The standard InChI is InChI=1S/C17H24N2O3/c1-17-6-7-19(2)14(16(17)22-10-15(18)20)8-11-4-5-12(21-3)9-13(11)17/h4-5,9,14,16H,6-8,10H2,1-3H3,(H2,18,20)/t14?,16-,17+/m0/s1. The topological polar surface area (TPSA) is 64.8 Å². The number of carbonyl (C=O) groups excluding carboxylic acids is 1. The summed E-state index contributed by atoms with van der Waals surface area (Å²) in [7, 11) is 3.81. The highest BCUT2D eigenvalue weighted by Crippen LogP contribution is 2.46. The number of benzene rings is 1. The Balaban J connectivity index is 2.02. The smallest absolute Gasteiger partial charge is 0.243 e. The van der Waals surface area contributed by atoms with Crippen LogP contribution in [-0.4, -0.2) is 50.3 Å². The van der Waals surface area contributed by atoms with Gasteiger partial charge in [-0.1, -0.05) is 13.0 Å². The molecule has 1 aliphatic carbocycles. The summed E-state index contributed by atoms with van der Waals surface area (Å²) >= 11 is 0. The summed E-state index contributed by atoms with van der Waals surface area (Å²) in [5.74, 6) is 0.451. The number of piperidine rings is 1. The fourth-order valence-corrected chi connectivity index (χ4v) is 4.01. The van der Waals surface area contributed by atoms with Gasteiger partial charge in [0, 0.05) is 11.5 Å². The number of nitrogens with zero attached hydrogens (tertiary/aromatic N) is 1. The van der Waals surface area contributed by atoms with E-state index in [0.29, 0.717) is 0 Å². The summed E-state index contributed by atoms with van der Waals surface area (Å²) in [5, 5.41) is 0. The van der Waals surface area contributed by atoms with Gasteiger partial charge in [0.05, 0.1) is 13.2 Å². The van der Waals surface area contributed by atoms with Crippen LogP contribution < -0.4 is 10.5 Å². The molecule has 1 unspecified atom stereocenters. The van der Waals surface area contributed by atoms with Crippen molar-refractivity contribution in [2.45, 2.75) is 37.3 Å². The molecule has 2 bridgehead atoms. The molecule has 1 fully saturated rings. The van der Waals surface area contributed by atoms with Gasteiger partial charge in [-0.25, -0.2) is 0 Å². The molecule has 3 rings (SSSR count). The Morgan fingerprint density at radius 2 is 2.27 bits per heavy atom. The van der Waals surface area contributed by atoms with E-state index in [2.05, 4.69) is 31.0 Å². The Bertz CT molecular complexity index is 589. The maximum Gasteiger partial charge on any atom is 0.243 e. The van der Waals surface area contributed by atoms with E-state index in [4.69, 9.17) is 15.2 Å². The first-order valence-electron chi connectivity index (χ1n) is 7.73. The van der Waals surface area contributed by atoms with Crippen LogP contribution in [-0.2, 0) is 21.4 Å². The number of likely N-dealkylation sites (N-methyl/N-ethyl adjacent to an activating group) is 1. The minimum atomic E-state index is -0.416. The number of nitrogens with two attached hydrogens (primary N) is 1. The third-order valence-electron chi connectivity index (χ3n) is 5.29. The van der Waals surface area contributed by atoms with Crippen molar-refractivity contribution >= 4 is 5.91 Å². The normalized spacial score (nSPS) is 30.7. The van der Waals surface area contributed by atoms with E-state index in [9.17, 15) is 4.79 Å². The third-order valence-corrected chi connectivity index (χ3v) is 5.29. The Morgan fingerprint density at radius 3 is 2.95 bits per heavy atom. The van der Waals surface area contributed by atoms with E-state index >= 15 is 0 Å². The Labute approximate surface area is 131 Å². The molecule has 2 N–H and O–H groups in total. The second-order valence-corrected chi connectivity index (χ2v) is 6.64. The van der Waals surface area contributed by atoms with Crippen molar-refractivity contribution in [3.05, 3.63) is 29.3 Å². The summed E-state index contributed by atoms with van der Waals surface area (Å²) in [6, 6.07) is 6.57. The lowest BCUT2D eigenvalue weighted by atomic mass is 9.63. The van der Waals surface area contributed by atoms with E-state index in [-0.39, 0.29) is 24.2 Å². The van der Waals surface area contributed by atoms with Gasteiger partial charge in [0.1, 0.15) is 12.4 Å². The number of rotatable bonds is 4. The van der Waals surface area contributed by atoms with Gasteiger partial charge in [-0.3, -0.25) is 4.79 Å². The van der Waals surface area contributed by atoms with Gasteiger partial charge in [0.25, 0.3) is 0 Å². The molecule has 3 atom stereocenters. The minimum Gasteiger partial charge on any atom is -0.497 e. The predicted octanol–water partition coefficient (Wildman–Crippen LogP) is 1.08. The fourth-order valence-electron chi connectivity index (χ4n) is 4.01. The zero-order chi connectivity index (χ0) is 15.9. The van der Waals surface area contributed by atoms with Crippen LogP contribution in [0.4, 0.5) is 0 Å². The van der Waals surface area contributed by atoms with Crippen LogP contribution in [0.3, 0.4) is 0 Å². The first-order valence-corrected chi connectivity index (χ1v) is 7.73. The van der Waals surface area contributed by atoms with Crippen molar-refractivity contribution < 1.29 is 14.3 Å². The number of fused-ring (bicyclic) bond motifs is 4. The zero-order valence-corrected chi connectivity index (χ0v) is 13.5. The predicted molar refractivity (Wildman–Crippen MR) is 84.0 cm³/mol. The van der Waals surface area contributed by atoms with E-state index < -0.39 is 5.91 Å². The lowest BCUT2D eigenvalue weighted by molar-refractivity contribution is -0.133. The molecule has 120 valence electrons. The molecule has 1 saturated heterocycles. The van der Waals surface area contributed by atoms with Gasteiger partial charge < -0.3 is 20.1 Å². The molecule has 5 heteroatoms. The van der Waals surface area contributed by atoms with Crippen LogP contribution in [0.5, 0.6) is 5.75 Å². The molecule has 1 aromatic carbocycles. The van der Waals surface area contributed by atoms with Crippen molar-refractivity contribution in [2.24, 2.45) is 5.73 Å². The fraction of sp³-hybridized carbons (Fsp3) is 0.588. The largest absolute Gasteiger partial charge is 0.497 e. The first kappa shape index (κ1) is 15.3. The average molecular weight is 304 g/mol. The maximum atomic E-state index is 11.2. The van der Waals surface area contributed by atoms with E-state index in [1.165, 1.54) is 11.1 Å². The molecule has 1 amide bonds. The quantitative estimate of drug-likeness (QED) is 0.904. The first-order chi connectivity index (χ1) is 10.5. The molecule has 0 spiro atoms. The number of carbonyl (C=O) groups is 1. The molecule has 1 heterocycles. The van der Waals surface area contributed by atoms with Crippen LogP contribution in [0.2, 0.25) is 0 Å². The number of amides is 1. The van der Waals surface area contributed by atoms with Gasteiger partial charge in [-0.05, 0) is 49.7 Å². The number of methoxy groups -OCH3 is 1. The molecule has 2 aliphatic rings. The zero-order valence-electron chi connectivity index (χ0n) is 13.5. The van der Waals surface area contributed by atoms with Crippen molar-refractivity contribution in [2.75, 3.05) is 27.3 Å². The number of likely N-dealkylation sites (tertiary alicyclic amines) is 1. The number of ether oxygens (including phenoxy) is 2. The summed E-state index contributed by atoms with van der Waals surface area (Å²) in [5.41, 5.74) is 7.79. The van der Waals surface area contributed by atoms with Crippen molar-refractivity contribution in [1.82, 2.24) is 4.90 Å². The molecule has 5 nitrogen and oxygen atoms in total. The molecule has 0 radical (unpaired) electrons. The summed E-state index contributed by atoms with van der Waals surface area (Å²) < 4.78 is 11.4. The maximum absolute atomic E-state index is 11.2. The Kier molecular flexibility index (Phi) is 3.87. The van der Waals surface area contributed by atoms with Gasteiger partial charge in [-0.2, -0.15) is 0 Å². The Morgan fingerprint density at radius 1 is 1.50 bits per heavy atom. The second-order valence-electron chi connectivity index (χ2n) is 6.64. The van der Waals surface area contributed by atoms with E-state index in [1.807, 2.05) is 6.07 Å². The number of primary amides is 1. The monoisotopic (exact) mass is 304 g/mol. The Hall–Kier alpha value is -1.59. The average Bonchev–Trinajstić information content (AvgIpc) is 2.50. The van der Waals surface area contributed by atoms with E-state index in [0.717, 1.165) is 25.1 Å².